The first-order valence-corrected chi connectivity index (χ1v) is 7.86. The van der Waals surface area contributed by atoms with Gasteiger partial charge in [0, 0.05) is 25.5 Å². The monoisotopic (exact) mass is 309 g/mol. The summed E-state index contributed by atoms with van der Waals surface area (Å²) in [5.74, 6) is 0. The maximum atomic E-state index is 5.24. The largest absolute Gasteiger partial charge is 0.378 e. The average Bonchev–Trinajstić information content (AvgIpc) is 2.85. The van der Waals surface area contributed by atoms with E-state index in [1.807, 2.05) is 12.3 Å². The van der Waals surface area contributed by atoms with Gasteiger partial charge in [0.05, 0.1) is 18.0 Å². The van der Waals surface area contributed by atoms with Gasteiger partial charge >= 0.3 is 0 Å². The minimum Gasteiger partial charge on any atom is -0.378 e. The highest BCUT2D eigenvalue weighted by Gasteiger charge is 2.11. The average molecular weight is 309 g/mol. The van der Waals surface area contributed by atoms with Gasteiger partial charge in [0.25, 0.3) is 0 Å². The van der Waals surface area contributed by atoms with Crippen LogP contribution in [0.3, 0.4) is 0 Å². The molecule has 0 aliphatic heterocycles. The van der Waals surface area contributed by atoms with Crippen molar-refractivity contribution < 1.29 is 4.74 Å². The van der Waals surface area contributed by atoms with Gasteiger partial charge in [-0.3, -0.25) is 0 Å². The van der Waals surface area contributed by atoms with Crippen LogP contribution >= 0.6 is 0 Å². The number of aromatic nitrogens is 2. The number of fused-ring (bicyclic) bond motifs is 1. The molecule has 0 amide bonds. The van der Waals surface area contributed by atoms with Gasteiger partial charge in [-0.1, -0.05) is 18.2 Å². The number of nitrogens with zero attached hydrogens (tertiary/aromatic N) is 2. The van der Waals surface area contributed by atoms with Gasteiger partial charge in [-0.15, -0.1) is 0 Å². The lowest BCUT2D eigenvalue weighted by molar-refractivity contribution is 0.181. The van der Waals surface area contributed by atoms with Gasteiger partial charge in [-0.05, 0) is 49.6 Å². The Kier molecular flexibility index (Phi) is 4.35. The molecule has 0 aliphatic carbocycles. The number of imidazole rings is 1. The quantitative estimate of drug-likeness (QED) is 0.773. The lowest BCUT2D eigenvalue weighted by Gasteiger charge is -2.12. The molecule has 0 fully saturated rings. The van der Waals surface area contributed by atoms with E-state index in [0.29, 0.717) is 6.61 Å². The molecule has 0 spiro atoms. The van der Waals surface area contributed by atoms with Crippen LogP contribution in [-0.4, -0.2) is 16.5 Å². The zero-order chi connectivity index (χ0) is 16.4. The summed E-state index contributed by atoms with van der Waals surface area (Å²) in [5, 5.41) is 3.54. The van der Waals surface area contributed by atoms with Crippen LogP contribution in [0.5, 0.6) is 0 Å². The Morgan fingerprint density at radius 2 is 1.83 bits per heavy atom. The van der Waals surface area contributed by atoms with Gasteiger partial charge in [0.1, 0.15) is 0 Å². The standard InChI is InChI=1S/C19H23N3O/c1-13-7-5-8-14(2)16(13)11-20-17-9-6-10-22-15(3)18(12-23-4)21-19(17)22/h5-10,20H,11-12H2,1-4H3. The fourth-order valence-corrected chi connectivity index (χ4v) is 2.96. The Morgan fingerprint density at radius 1 is 1.09 bits per heavy atom. The van der Waals surface area contributed by atoms with Crippen LogP contribution in [0.15, 0.2) is 36.5 Å². The van der Waals surface area contributed by atoms with Crippen molar-refractivity contribution in [2.24, 2.45) is 0 Å². The molecule has 1 aromatic carbocycles. The van der Waals surface area contributed by atoms with E-state index in [4.69, 9.17) is 9.72 Å². The number of nitrogens with one attached hydrogen (secondary N) is 1. The molecule has 0 unspecified atom stereocenters. The smallest absolute Gasteiger partial charge is 0.160 e. The van der Waals surface area contributed by atoms with Crippen LogP contribution in [0.25, 0.3) is 5.65 Å². The molecular weight excluding hydrogens is 286 g/mol. The van der Waals surface area contributed by atoms with Gasteiger partial charge in [0.2, 0.25) is 0 Å². The Hall–Kier alpha value is -2.33. The number of pyridine rings is 1. The third-order valence-electron chi connectivity index (χ3n) is 4.37. The third kappa shape index (κ3) is 2.94. The number of methoxy groups -OCH3 is 1. The second-order valence-electron chi connectivity index (χ2n) is 5.92. The van der Waals surface area contributed by atoms with E-state index in [2.05, 4.69) is 54.8 Å². The van der Waals surface area contributed by atoms with E-state index < -0.39 is 0 Å². The Morgan fingerprint density at radius 3 is 2.52 bits per heavy atom. The number of rotatable bonds is 5. The van der Waals surface area contributed by atoms with Crippen LogP contribution in [0.4, 0.5) is 5.69 Å². The molecular formula is C19H23N3O. The molecule has 0 saturated heterocycles. The normalized spacial score (nSPS) is 11.1. The lowest BCUT2D eigenvalue weighted by atomic mass is 10.0. The maximum Gasteiger partial charge on any atom is 0.160 e. The second kappa shape index (κ2) is 6.42. The third-order valence-corrected chi connectivity index (χ3v) is 4.37. The number of hydrogen-bond donors (Lipinski definition) is 1. The maximum absolute atomic E-state index is 5.24. The number of ether oxygens (including phenoxy) is 1. The molecule has 0 atom stereocenters. The summed E-state index contributed by atoms with van der Waals surface area (Å²) in [6.07, 6.45) is 2.04. The van der Waals surface area contributed by atoms with Crippen molar-refractivity contribution >= 4 is 11.3 Å². The number of aryl methyl sites for hydroxylation is 3. The van der Waals surface area contributed by atoms with Crippen molar-refractivity contribution in [3.63, 3.8) is 0 Å². The molecule has 2 heterocycles. The lowest BCUT2D eigenvalue weighted by Crippen LogP contribution is -2.05. The van der Waals surface area contributed by atoms with E-state index in [-0.39, 0.29) is 0 Å². The van der Waals surface area contributed by atoms with Crippen LogP contribution in [0.1, 0.15) is 28.1 Å². The van der Waals surface area contributed by atoms with E-state index in [0.717, 1.165) is 29.3 Å². The highest BCUT2D eigenvalue weighted by molar-refractivity contribution is 5.68. The molecule has 23 heavy (non-hydrogen) atoms. The topological polar surface area (TPSA) is 38.6 Å². The SMILES string of the molecule is COCc1nc2c(NCc3c(C)cccc3C)cccn2c1C. The molecule has 3 aromatic rings. The first kappa shape index (κ1) is 15.6. The molecule has 0 saturated carbocycles. The van der Waals surface area contributed by atoms with Crippen LogP contribution in [0.2, 0.25) is 0 Å². The summed E-state index contributed by atoms with van der Waals surface area (Å²) >= 11 is 0. The zero-order valence-corrected chi connectivity index (χ0v) is 14.2. The molecule has 120 valence electrons. The van der Waals surface area contributed by atoms with Crippen molar-refractivity contribution in [1.82, 2.24) is 9.38 Å². The van der Waals surface area contributed by atoms with Crippen molar-refractivity contribution in [2.45, 2.75) is 33.9 Å². The fraction of sp³-hybridized carbons (Fsp3) is 0.316. The molecule has 3 rings (SSSR count). The van der Waals surface area contributed by atoms with E-state index >= 15 is 0 Å². The highest BCUT2D eigenvalue weighted by atomic mass is 16.5. The Labute approximate surface area is 137 Å². The molecule has 4 nitrogen and oxygen atoms in total. The van der Waals surface area contributed by atoms with Crippen LogP contribution in [-0.2, 0) is 17.9 Å². The molecule has 1 N–H and O–H groups in total. The minimum absolute atomic E-state index is 0.532. The first-order valence-electron chi connectivity index (χ1n) is 7.86. The molecule has 4 heteroatoms. The van der Waals surface area contributed by atoms with Gasteiger partial charge < -0.3 is 14.5 Å². The fourth-order valence-electron chi connectivity index (χ4n) is 2.96. The molecule has 0 radical (unpaired) electrons. The molecule has 2 aromatic heterocycles. The number of hydrogen-bond acceptors (Lipinski definition) is 3. The Balaban J connectivity index is 1.93. The summed E-state index contributed by atoms with van der Waals surface area (Å²) in [6.45, 7) is 7.71. The van der Waals surface area contributed by atoms with Crippen molar-refractivity contribution in [3.8, 4) is 0 Å². The number of anilines is 1. The number of benzene rings is 1. The van der Waals surface area contributed by atoms with E-state index in [9.17, 15) is 0 Å². The van der Waals surface area contributed by atoms with Crippen LogP contribution in [0, 0.1) is 20.8 Å². The van der Waals surface area contributed by atoms with Gasteiger partial charge in [-0.2, -0.15) is 0 Å². The van der Waals surface area contributed by atoms with E-state index in [1.54, 1.807) is 7.11 Å². The molecule has 0 aliphatic rings. The van der Waals surface area contributed by atoms with E-state index in [1.165, 1.54) is 16.7 Å². The highest BCUT2D eigenvalue weighted by Crippen LogP contribution is 2.22. The van der Waals surface area contributed by atoms with Crippen molar-refractivity contribution in [2.75, 3.05) is 12.4 Å². The summed E-state index contributed by atoms with van der Waals surface area (Å²) in [4.78, 5) is 4.73. The first-order chi connectivity index (χ1) is 11.1. The van der Waals surface area contributed by atoms with Crippen molar-refractivity contribution in [3.05, 3.63) is 64.6 Å². The summed E-state index contributed by atoms with van der Waals surface area (Å²) < 4.78 is 7.36. The second-order valence-corrected chi connectivity index (χ2v) is 5.92. The summed E-state index contributed by atoms with van der Waals surface area (Å²) in [6, 6.07) is 10.5. The minimum atomic E-state index is 0.532. The summed E-state index contributed by atoms with van der Waals surface area (Å²) in [7, 11) is 1.70. The zero-order valence-electron chi connectivity index (χ0n) is 14.2. The van der Waals surface area contributed by atoms with Crippen molar-refractivity contribution in [1.29, 1.82) is 0 Å². The van der Waals surface area contributed by atoms with Gasteiger partial charge in [-0.25, -0.2) is 4.98 Å². The Bertz CT molecular complexity index is 816. The van der Waals surface area contributed by atoms with Crippen LogP contribution < -0.4 is 5.32 Å². The predicted molar refractivity (Wildman–Crippen MR) is 93.9 cm³/mol. The molecule has 0 bridgehead atoms. The predicted octanol–water partition coefficient (Wildman–Crippen LogP) is 4.02. The van der Waals surface area contributed by atoms with Gasteiger partial charge in [0.15, 0.2) is 5.65 Å². The summed E-state index contributed by atoms with van der Waals surface area (Å²) in [5.41, 5.74) is 8.05.